The molecule has 0 unspecified atom stereocenters. The summed E-state index contributed by atoms with van der Waals surface area (Å²) in [6, 6.07) is 15.0. The molecule has 2 aromatic carbocycles. The van der Waals surface area contributed by atoms with Gasteiger partial charge in [0, 0.05) is 31.0 Å². The lowest BCUT2D eigenvalue weighted by Crippen LogP contribution is -2.39. The number of carbonyl (C=O) groups excluding carboxylic acids is 2. The second-order valence-electron chi connectivity index (χ2n) is 8.31. The van der Waals surface area contributed by atoms with Crippen molar-refractivity contribution in [3.63, 3.8) is 0 Å². The third-order valence-electron chi connectivity index (χ3n) is 5.92. The monoisotopic (exact) mass is 481 g/mol. The van der Waals surface area contributed by atoms with Crippen LogP contribution in [0.25, 0.3) is 5.69 Å². The van der Waals surface area contributed by atoms with Crippen molar-refractivity contribution in [3.05, 3.63) is 59.2 Å². The number of anilines is 3. The van der Waals surface area contributed by atoms with Crippen molar-refractivity contribution in [3.8, 4) is 11.4 Å². The number of nitrogens with zero attached hydrogens (tertiary/aromatic N) is 3. The molecule has 0 atom stereocenters. The molecule has 1 saturated heterocycles. The first-order valence-corrected chi connectivity index (χ1v) is 11.6. The van der Waals surface area contributed by atoms with Gasteiger partial charge in [-0.05, 0) is 50.1 Å². The van der Waals surface area contributed by atoms with Gasteiger partial charge in [0.2, 0.25) is 11.8 Å². The molecule has 1 aliphatic heterocycles. The number of piperidine rings is 1. The summed E-state index contributed by atoms with van der Waals surface area (Å²) < 4.78 is 7.20. The first-order valence-electron chi connectivity index (χ1n) is 11.2. The summed E-state index contributed by atoms with van der Waals surface area (Å²) in [5.74, 6) is 1.03. The molecule has 2 N–H and O–H groups in total. The van der Waals surface area contributed by atoms with Gasteiger partial charge >= 0.3 is 0 Å². The molecule has 0 aliphatic carbocycles. The topological polar surface area (TPSA) is 88.5 Å². The fraction of sp³-hybridized carbons (Fsp3) is 0.320. The Morgan fingerprint density at radius 2 is 1.79 bits per heavy atom. The van der Waals surface area contributed by atoms with E-state index in [2.05, 4.69) is 15.5 Å². The number of nitrogens with one attached hydrogen (secondary N) is 2. The molecule has 0 saturated carbocycles. The molecule has 4 rings (SSSR count). The van der Waals surface area contributed by atoms with E-state index in [1.54, 1.807) is 25.3 Å². The quantitative estimate of drug-likeness (QED) is 0.534. The number of carbonyl (C=O) groups is 2. The third kappa shape index (κ3) is 5.02. The van der Waals surface area contributed by atoms with Crippen molar-refractivity contribution in [2.45, 2.75) is 26.7 Å². The minimum atomic E-state index is -0.154. The first kappa shape index (κ1) is 23.6. The van der Waals surface area contributed by atoms with Gasteiger partial charge in [-0.2, -0.15) is 5.10 Å². The number of hydrogen-bond donors (Lipinski definition) is 2. The largest absolute Gasteiger partial charge is 0.495 e. The maximum Gasteiger partial charge on any atom is 0.227 e. The first-order chi connectivity index (χ1) is 16.4. The van der Waals surface area contributed by atoms with Crippen molar-refractivity contribution >= 4 is 40.6 Å². The number of amides is 2. The predicted molar refractivity (Wildman–Crippen MR) is 134 cm³/mol. The number of para-hydroxylation sites is 1. The van der Waals surface area contributed by atoms with Crippen molar-refractivity contribution in [1.82, 2.24) is 9.78 Å². The van der Waals surface area contributed by atoms with Crippen LogP contribution in [0.3, 0.4) is 0 Å². The standard InChI is InChI=1S/C25H28ClN5O3/c1-16-23(27-17(2)32)25(31(29-16)20-7-5-4-6-8-20)30-13-11-18(12-14-30)24(33)28-21-15-19(26)9-10-22(21)34-3/h4-10,15,18H,11-14H2,1-3H3,(H,27,32)(H,28,33). The van der Waals surface area contributed by atoms with E-state index in [1.807, 2.05) is 41.9 Å². The molecule has 34 heavy (non-hydrogen) atoms. The van der Waals surface area contributed by atoms with E-state index in [4.69, 9.17) is 21.4 Å². The summed E-state index contributed by atoms with van der Waals surface area (Å²) >= 11 is 6.10. The minimum Gasteiger partial charge on any atom is -0.495 e. The molecule has 9 heteroatoms. The van der Waals surface area contributed by atoms with Gasteiger partial charge in [-0.25, -0.2) is 4.68 Å². The molecule has 1 fully saturated rings. The number of rotatable bonds is 6. The zero-order valence-corrected chi connectivity index (χ0v) is 20.2. The van der Waals surface area contributed by atoms with Crippen LogP contribution < -0.4 is 20.3 Å². The Bertz CT molecular complexity index is 1190. The lowest BCUT2D eigenvalue weighted by atomic mass is 9.95. The number of hydrogen-bond acceptors (Lipinski definition) is 5. The van der Waals surface area contributed by atoms with E-state index >= 15 is 0 Å². The molecule has 178 valence electrons. The SMILES string of the molecule is COc1ccc(Cl)cc1NC(=O)C1CCN(c2c(NC(C)=O)c(C)nn2-c2ccccc2)CC1. The Balaban J connectivity index is 1.53. The van der Waals surface area contributed by atoms with E-state index in [1.165, 1.54) is 6.92 Å². The summed E-state index contributed by atoms with van der Waals surface area (Å²) in [7, 11) is 1.56. The number of aryl methyl sites for hydroxylation is 1. The molecule has 0 bridgehead atoms. The van der Waals surface area contributed by atoms with E-state index in [0.29, 0.717) is 48.1 Å². The van der Waals surface area contributed by atoms with Crippen LogP contribution in [-0.4, -0.2) is 41.8 Å². The van der Waals surface area contributed by atoms with Gasteiger partial charge in [-0.3, -0.25) is 9.59 Å². The summed E-state index contributed by atoms with van der Waals surface area (Å²) in [4.78, 5) is 27.1. The second-order valence-corrected chi connectivity index (χ2v) is 8.74. The maximum atomic E-state index is 13.0. The zero-order valence-electron chi connectivity index (χ0n) is 19.5. The van der Waals surface area contributed by atoms with Gasteiger partial charge in [-0.15, -0.1) is 0 Å². The Hall–Kier alpha value is -3.52. The Kier molecular flexibility index (Phi) is 7.07. The fourth-order valence-electron chi connectivity index (χ4n) is 4.24. The predicted octanol–water partition coefficient (Wildman–Crippen LogP) is 4.66. The fourth-order valence-corrected chi connectivity index (χ4v) is 4.42. The van der Waals surface area contributed by atoms with Crippen molar-refractivity contribution in [2.24, 2.45) is 5.92 Å². The highest BCUT2D eigenvalue weighted by atomic mass is 35.5. The van der Waals surface area contributed by atoms with Crippen LogP contribution in [0.4, 0.5) is 17.2 Å². The van der Waals surface area contributed by atoms with Crippen molar-refractivity contribution in [1.29, 1.82) is 0 Å². The summed E-state index contributed by atoms with van der Waals surface area (Å²) in [6.07, 6.45) is 1.32. The normalized spacial score (nSPS) is 14.1. The molecule has 0 spiro atoms. The lowest BCUT2D eigenvalue weighted by Gasteiger charge is -2.33. The molecule has 1 aliphatic rings. The number of benzene rings is 2. The van der Waals surface area contributed by atoms with E-state index < -0.39 is 0 Å². The molecule has 0 radical (unpaired) electrons. The summed E-state index contributed by atoms with van der Waals surface area (Å²) in [5, 5.41) is 11.1. The van der Waals surface area contributed by atoms with Crippen LogP contribution in [0.1, 0.15) is 25.5 Å². The van der Waals surface area contributed by atoms with Crippen LogP contribution in [0, 0.1) is 12.8 Å². The average Bonchev–Trinajstić information content (AvgIpc) is 3.15. The molecule has 1 aromatic heterocycles. The van der Waals surface area contributed by atoms with Crippen LogP contribution in [0.2, 0.25) is 5.02 Å². The second kappa shape index (κ2) is 10.2. The van der Waals surface area contributed by atoms with Gasteiger partial charge in [0.15, 0.2) is 5.82 Å². The van der Waals surface area contributed by atoms with Crippen molar-refractivity contribution < 1.29 is 14.3 Å². The molecule has 3 aromatic rings. The number of halogens is 1. The van der Waals surface area contributed by atoms with Gasteiger partial charge < -0.3 is 20.3 Å². The Labute approximate surface area is 203 Å². The number of methoxy groups -OCH3 is 1. The smallest absolute Gasteiger partial charge is 0.227 e. The number of ether oxygens (including phenoxy) is 1. The zero-order chi connectivity index (χ0) is 24.2. The van der Waals surface area contributed by atoms with Gasteiger partial charge in [0.25, 0.3) is 0 Å². The van der Waals surface area contributed by atoms with Gasteiger partial charge in [0.05, 0.1) is 24.2 Å². The van der Waals surface area contributed by atoms with Gasteiger partial charge in [-0.1, -0.05) is 29.8 Å². The minimum absolute atomic E-state index is 0.0601. The maximum absolute atomic E-state index is 13.0. The highest BCUT2D eigenvalue weighted by molar-refractivity contribution is 6.31. The van der Waals surface area contributed by atoms with Crippen LogP contribution >= 0.6 is 11.6 Å². The lowest BCUT2D eigenvalue weighted by molar-refractivity contribution is -0.120. The highest BCUT2D eigenvalue weighted by Gasteiger charge is 2.30. The van der Waals surface area contributed by atoms with Crippen molar-refractivity contribution in [2.75, 3.05) is 35.7 Å². The highest BCUT2D eigenvalue weighted by Crippen LogP contribution is 2.35. The molecule has 2 heterocycles. The Morgan fingerprint density at radius 1 is 1.09 bits per heavy atom. The Morgan fingerprint density at radius 3 is 2.44 bits per heavy atom. The van der Waals surface area contributed by atoms with Crippen LogP contribution in [-0.2, 0) is 9.59 Å². The van der Waals surface area contributed by atoms with Crippen LogP contribution in [0.5, 0.6) is 5.75 Å². The molecule has 8 nitrogen and oxygen atoms in total. The van der Waals surface area contributed by atoms with Crippen LogP contribution in [0.15, 0.2) is 48.5 Å². The summed E-state index contributed by atoms with van der Waals surface area (Å²) in [5.41, 5.74) is 2.91. The van der Waals surface area contributed by atoms with E-state index in [9.17, 15) is 9.59 Å². The van der Waals surface area contributed by atoms with E-state index in [-0.39, 0.29) is 17.7 Å². The average molecular weight is 482 g/mol. The molecular formula is C25H28ClN5O3. The molecule has 2 amide bonds. The molecular weight excluding hydrogens is 454 g/mol. The number of aromatic nitrogens is 2. The van der Waals surface area contributed by atoms with Gasteiger partial charge in [0.1, 0.15) is 11.4 Å². The summed E-state index contributed by atoms with van der Waals surface area (Å²) in [6.45, 7) is 4.67. The third-order valence-corrected chi connectivity index (χ3v) is 6.16. The van der Waals surface area contributed by atoms with E-state index in [0.717, 1.165) is 17.2 Å².